The molecule has 8 heteroatoms. The standard InChI is InChI=1S/C12H22BN4O3/c18-11(15-20)10-9-17(7-3-13-10)12(19)14-4-8-16-5-1-2-6-16/h10,20H,1-9H2,(H,14,19)(H,15,18)/t10-/m1/s1. The molecule has 2 aliphatic heterocycles. The molecule has 0 aromatic heterocycles. The third kappa shape index (κ3) is 4.11. The molecule has 2 saturated heterocycles. The second-order valence-electron chi connectivity index (χ2n) is 5.33. The van der Waals surface area contributed by atoms with Crippen LogP contribution in [0, 0.1) is 0 Å². The van der Waals surface area contributed by atoms with Crippen LogP contribution in [0.25, 0.3) is 0 Å². The van der Waals surface area contributed by atoms with Crippen LogP contribution < -0.4 is 10.8 Å². The summed E-state index contributed by atoms with van der Waals surface area (Å²) in [6.45, 7) is 4.69. The van der Waals surface area contributed by atoms with Crippen molar-refractivity contribution in [2.24, 2.45) is 0 Å². The van der Waals surface area contributed by atoms with Gasteiger partial charge in [0.05, 0.1) is 0 Å². The summed E-state index contributed by atoms with van der Waals surface area (Å²) < 4.78 is 0. The van der Waals surface area contributed by atoms with E-state index in [9.17, 15) is 9.59 Å². The number of rotatable bonds is 4. The van der Waals surface area contributed by atoms with Crippen LogP contribution >= 0.6 is 0 Å². The van der Waals surface area contributed by atoms with Gasteiger partial charge in [-0.3, -0.25) is 10.0 Å². The number of hydrogen-bond donors (Lipinski definition) is 3. The van der Waals surface area contributed by atoms with Crippen molar-refractivity contribution >= 4 is 19.2 Å². The fraction of sp³-hybridized carbons (Fsp3) is 0.833. The average Bonchev–Trinajstić information content (AvgIpc) is 2.99. The molecule has 2 rings (SSSR count). The van der Waals surface area contributed by atoms with E-state index in [1.54, 1.807) is 10.4 Å². The van der Waals surface area contributed by atoms with Crippen LogP contribution in [0.3, 0.4) is 0 Å². The van der Waals surface area contributed by atoms with Crippen molar-refractivity contribution in [1.29, 1.82) is 0 Å². The SMILES string of the molecule is O=C(NO)[C@@H]1[B]CCN(C(=O)NCCN2CCCC2)C1. The Morgan fingerprint density at radius 2 is 2.00 bits per heavy atom. The molecule has 0 aromatic carbocycles. The Kier molecular flexibility index (Phi) is 5.66. The molecule has 2 aliphatic rings. The number of hydrogen-bond acceptors (Lipinski definition) is 4. The van der Waals surface area contributed by atoms with E-state index in [1.807, 2.05) is 7.28 Å². The molecule has 20 heavy (non-hydrogen) atoms. The molecular weight excluding hydrogens is 259 g/mol. The van der Waals surface area contributed by atoms with Gasteiger partial charge in [0.2, 0.25) is 5.91 Å². The lowest BCUT2D eigenvalue weighted by atomic mass is 9.59. The quantitative estimate of drug-likeness (QED) is 0.369. The molecule has 0 unspecified atom stereocenters. The van der Waals surface area contributed by atoms with Gasteiger partial charge in [0.1, 0.15) is 7.28 Å². The van der Waals surface area contributed by atoms with Gasteiger partial charge in [-0.15, -0.1) is 0 Å². The lowest BCUT2D eigenvalue weighted by molar-refractivity contribution is -0.129. The van der Waals surface area contributed by atoms with E-state index in [-0.39, 0.29) is 6.03 Å². The van der Waals surface area contributed by atoms with Crippen molar-refractivity contribution in [1.82, 2.24) is 20.6 Å². The maximum Gasteiger partial charge on any atom is 0.317 e. The van der Waals surface area contributed by atoms with Crippen LogP contribution in [0.15, 0.2) is 0 Å². The maximum absolute atomic E-state index is 12.0. The summed E-state index contributed by atoms with van der Waals surface area (Å²) in [5.41, 5.74) is 1.64. The highest BCUT2D eigenvalue weighted by molar-refractivity contribution is 6.44. The third-order valence-corrected chi connectivity index (χ3v) is 3.90. The number of carbonyl (C=O) groups is 2. The second kappa shape index (κ2) is 7.49. The Balaban J connectivity index is 1.69. The van der Waals surface area contributed by atoms with Gasteiger partial charge >= 0.3 is 6.03 Å². The van der Waals surface area contributed by atoms with Gasteiger partial charge in [-0.2, -0.15) is 0 Å². The van der Waals surface area contributed by atoms with Crippen LogP contribution in [-0.4, -0.2) is 73.5 Å². The molecule has 111 valence electrons. The molecule has 2 heterocycles. The maximum atomic E-state index is 12.0. The number of nitrogens with zero attached hydrogens (tertiary/aromatic N) is 2. The monoisotopic (exact) mass is 281 g/mol. The van der Waals surface area contributed by atoms with Crippen molar-refractivity contribution in [2.75, 3.05) is 39.3 Å². The first-order valence-corrected chi connectivity index (χ1v) is 7.23. The van der Waals surface area contributed by atoms with E-state index in [1.165, 1.54) is 12.8 Å². The smallest absolute Gasteiger partial charge is 0.317 e. The van der Waals surface area contributed by atoms with Crippen LogP contribution in [0.5, 0.6) is 0 Å². The fourth-order valence-electron chi connectivity index (χ4n) is 2.73. The summed E-state index contributed by atoms with van der Waals surface area (Å²) in [5, 5.41) is 11.5. The molecule has 7 nitrogen and oxygen atoms in total. The number of amides is 3. The van der Waals surface area contributed by atoms with E-state index >= 15 is 0 Å². The van der Waals surface area contributed by atoms with Crippen molar-refractivity contribution in [3.63, 3.8) is 0 Å². The lowest BCUT2D eigenvalue weighted by Gasteiger charge is -2.31. The van der Waals surface area contributed by atoms with Crippen molar-refractivity contribution in [2.45, 2.75) is 25.0 Å². The Bertz CT molecular complexity index is 350. The van der Waals surface area contributed by atoms with Crippen LogP contribution in [-0.2, 0) is 4.79 Å². The molecule has 3 amide bonds. The van der Waals surface area contributed by atoms with Gasteiger partial charge in [0, 0.05) is 32.0 Å². The van der Waals surface area contributed by atoms with Gasteiger partial charge in [-0.05, 0) is 25.9 Å². The molecule has 0 aromatic rings. The minimum Gasteiger partial charge on any atom is -0.337 e. The summed E-state index contributed by atoms with van der Waals surface area (Å²) in [6.07, 6.45) is 3.15. The molecule has 0 spiro atoms. The summed E-state index contributed by atoms with van der Waals surface area (Å²) in [6, 6.07) is -0.131. The molecule has 3 N–H and O–H groups in total. The number of hydroxylamine groups is 1. The topological polar surface area (TPSA) is 84.9 Å². The Morgan fingerprint density at radius 3 is 2.70 bits per heavy atom. The van der Waals surface area contributed by atoms with Crippen LogP contribution in [0.4, 0.5) is 4.79 Å². The first-order chi connectivity index (χ1) is 9.70. The number of urea groups is 1. The zero-order valence-corrected chi connectivity index (χ0v) is 11.7. The van der Waals surface area contributed by atoms with Gasteiger partial charge in [0.25, 0.3) is 0 Å². The minimum atomic E-state index is -0.459. The van der Waals surface area contributed by atoms with Gasteiger partial charge in [-0.25, -0.2) is 10.3 Å². The fourth-order valence-corrected chi connectivity index (χ4v) is 2.73. The lowest BCUT2D eigenvalue weighted by Crippen LogP contribution is -2.49. The highest BCUT2D eigenvalue weighted by Crippen LogP contribution is 2.15. The number of likely N-dealkylation sites (tertiary alicyclic amines) is 1. The normalized spacial score (nSPS) is 23.2. The first kappa shape index (κ1) is 15.1. The van der Waals surface area contributed by atoms with Crippen LogP contribution in [0.2, 0.25) is 12.1 Å². The first-order valence-electron chi connectivity index (χ1n) is 7.23. The molecule has 0 aliphatic carbocycles. The highest BCUT2D eigenvalue weighted by Gasteiger charge is 2.28. The molecule has 1 atom stereocenters. The van der Waals surface area contributed by atoms with E-state index in [2.05, 4.69) is 10.2 Å². The minimum absolute atomic E-state index is 0.131. The number of carbonyl (C=O) groups excluding carboxylic acids is 2. The van der Waals surface area contributed by atoms with Gasteiger partial charge in [-0.1, -0.05) is 6.32 Å². The van der Waals surface area contributed by atoms with Crippen molar-refractivity contribution in [3.05, 3.63) is 0 Å². The van der Waals surface area contributed by atoms with E-state index in [0.29, 0.717) is 26.0 Å². The van der Waals surface area contributed by atoms with Crippen LogP contribution in [0.1, 0.15) is 12.8 Å². The molecule has 1 radical (unpaired) electrons. The predicted octanol–water partition coefficient (Wildman–Crippen LogP) is -0.476. The number of nitrogens with one attached hydrogen (secondary N) is 2. The summed E-state index contributed by atoms with van der Waals surface area (Å²) >= 11 is 0. The Hall–Kier alpha value is -1.28. The van der Waals surface area contributed by atoms with Crippen molar-refractivity contribution < 1.29 is 14.8 Å². The van der Waals surface area contributed by atoms with Gasteiger partial charge in [0.15, 0.2) is 0 Å². The van der Waals surface area contributed by atoms with E-state index in [0.717, 1.165) is 19.6 Å². The largest absolute Gasteiger partial charge is 0.337 e. The molecule has 0 saturated carbocycles. The zero-order valence-electron chi connectivity index (χ0n) is 11.7. The Morgan fingerprint density at radius 1 is 1.25 bits per heavy atom. The van der Waals surface area contributed by atoms with Gasteiger partial charge < -0.3 is 15.1 Å². The van der Waals surface area contributed by atoms with Crippen molar-refractivity contribution in [3.8, 4) is 0 Å². The Labute approximate surface area is 119 Å². The molecular formula is C12H22BN4O3. The molecule has 2 fully saturated rings. The van der Waals surface area contributed by atoms with E-state index < -0.39 is 11.7 Å². The summed E-state index contributed by atoms with van der Waals surface area (Å²) in [7, 11) is 1.83. The summed E-state index contributed by atoms with van der Waals surface area (Å²) in [5.74, 6) is -0.891. The van der Waals surface area contributed by atoms with E-state index in [4.69, 9.17) is 5.21 Å². The predicted molar refractivity (Wildman–Crippen MR) is 74.9 cm³/mol. The average molecular weight is 281 g/mol. The summed E-state index contributed by atoms with van der Waals surface area (Å²) in [4.78, 5) is 27.4. The highest BCUT2D eigenvalue weighted by atomic mass is 16.5. The zero-order chi connectivity index (χ0) is 14.4. The second-order valence-corrected chi connectivity index (χ2v) is 5.33. The molecule has 0 bridgehead atoms. The third-order valence-electron chi connectivity index (χ3n) is 3.90.